The van der Waals surface area contributed by atoms with Gasteiger partial charge >= 0.3 is 0 Å². The molecule has 0 saturated carbocycles. The fourth-order valence-electron chi connectivity index (χ4n) is 4.46. The zero-order valence-corrected chi connectivity index (χ0v) is 20.8. The van der Waals surface area contributed by atoms with Gasteiger partial charge in [-0.1, -0.05) is 42.8 Å². The summed E-state index contributed by atoms with van der Waals surface area (Å²) >= 11 is 6.45. The molecule has 0 aromatic heterocycles. The van der Waals surface area contributed by atoms with Gasteiger partial charge in [-0.05, 0) is 72.9 Å². The molecule has 1 heterocycles. The van der Waals surface area contributed by atoms with Gasteiger partial charge in [0.05, 0.1) is 37.8 Å². The summed E-state index contributed by atoms with van der Waals surface area (Å²) < 4.78 is 17.1. The summed E-state index contributed by atoms with van der Waals surface area (Å²) in [6, 6.07) is 17.5. The minimum Gasteiger partial charge on any atom is -0.495 e. The highest BCUT2D eigenvalue weighted by Gasteiger charge is 2.36. The predicted octanol–water partition coefficient (Wildman–Crippen LogP) is 6.39. The summed E-state index contributed by atoms with van der Waals surface area (Å²) in [4.78, 5) is 15.4. The van der Waals surface area contributed by atoms with E-state index < -0.39 is 0 Å². The summed E-state index contributed by atoms with van der Waals surface area (Å²) in [7, 11) is 1.58. The van der Waals surface area contributed by atoms with Gasteiger partial charge in [-0.25, -0.2) is 0 Å². The first-order valence-electron chi connectivity index (χ1n) is 11.7. The number of methoxy groups -OCH3 is 1. The Morgan fingerprint density at radius 2 is 1.59 bits per heavy atom. The molecule has 0 bridgehead atoms. The number of ether oxygens (including phenoxy) is 3. The Morgan fingerprint density at radius 1 is 0.912 bits per heavy atom. The SMILES string of the molecule is CCOc1cc2c(cc1OCC)[C@H](c1ccc(CC)cc1)N(c1ccc(OC)c(Cl)c1)C(=O)C2. The van der Waals surface area contributed by atoms with Crippen LogP contribution in [0.1, 0.15) is 49.1 Å². The van der Waals surface area contributed by atoms with E-state index >= 15 is 0 Å². The van der Waals surface area contributed by atoms with Crippen molar-refractivity contribution < 1.29 is 19.0 Å². The molecule has 1 aliphatic rings. The molecule has 0 fully saturated rings. The third kappa shape index (κ3) is 4.58. The van der Waals surface area contributed by atoms with Gasteiger partial charge in [0.2, 0.25) is 5.91 Å². The summed E-state index contributed by atoms with van der Waals surface area (Å²) in [6.07, 6.45) is 1.21. The van der Waals surface area contributed by atoms with Crippen LogP contribution in [0.25, 0.3) is 0 Å². The van der Waals surface area contributed by atoms with Gasteiger partial charge in [-0.15, -0.1) is 0 Å². The second-order valence-corrected chi connectivity index (χ2v) is 8.53. The third-order valence-electron chi connectivity index (χ3n) is 6.09. The lowest BCUT2D eigenvalue weighted by Gasteiger charge is -2.38. The second-order valence-electron chi connectivity index (χ2n) is 8.12. The number of nitrogens with zero attached hydrogens (tertiary/aromatic N) is 1. The van der Waals surface area contributed by atoms with E-state index in [2.05, 4.69) is 31.2 Å². The summed E-state index contributed by atoms with van der Waals surface area (Å²) in [5, 5.41) is 0.459. The lowest BCUT2D eigenvalue weighted by Crippen LogP contribution is -2.41. The van der Waals surface area contributed by atoms with Gasteiger partial charge in [0.1, 0.15) is 5.75 Å². The summed E-state index contributed by atoms with van der Waals surface area (Å²) in [6.45, 7) is 7.05. The number of carbonyl (C=O) groups excluding carboxylic acids is 1. The zero-order valence-electron chi connectivity index (χ0n) is 20.1. The molecule has 1 aliphatic heterocycles. The molecule has 1 amide bonds. The number of fused-ring (bicyclic) bond motifs is 1. The average molecular weight is 480 g/mol. The second kappa shape index (κ2) is 10.4. The number of aryl methyl sites for hydroxylation is 1. The smallest absolute Gasteiger partial charge is 0.232 e. The van der Waals surface area contributed by atoms with Crippen molar-refractivity contribution in [3.63, 3.8) is 0 Å². The maximum Gasteiger partial charge on any atom is 0.232 e. The number of benzene rings is 3. The van der Waals surface area contributed by atoms with Crippen LogP contribution in [0, 0.1) is 0 Å². The van der Waals surface area contributed by atoms with Crippen LogP contribution < -0.4 is 19.1 Å². The number of hydrogen-bond acceptors (Lipinski definition) is 4. The highest BCUT2D eigenvalue weighted by molar-refractivity contribution is 6.32. The third-order valence-corrected chi connectivity index (χ3v) is 6.38. The number of hydrogen-bond donors (Lipinski definition) is 0. The number of rotatable bonds is 8. The molecule has 0 saturated heterocycles. The molecule has 6 heteroatoms. The topological polar surface area (TPSA) is 48.0 Å². The van der Waals surface area contributed by atoms with Gasteiger partial charge < -0.3 is 19.1 Å². The maximum atomic E-state index is 13.6. The quantitative estimate of drug-likeness (QED) is 0.375. The van der Waals surface area contributed by atoms with Crippen LogP contribution in [0.4, 0.5) is 5.69 Å². The minimum atomic E-state index is -0.332. The molecule has 5 nitrogen and oxygen atoms in total. The molecule has 3 aromatic carbocycles. The van der Waals surface area contributed by atoms with Crippen LogP contribution in [0.3, 0.4) is 0 Å². The first kappa shape index (κ1) is 24.0. The van der Waals surface area contributed by atoms with Crippen LogP contribution in [0.5, 0.6) is 17.2 Å². The molecule has 0 unspecified atom stereocenters. The number of carbonyl (C=O) groups is 1. The molecule has 4 rings (SSSR count). The maximum absolute atomic E-state index is 13.6. The molecule has 34 heavy (non-hydrogen) atoms. The largest absolute Gasteiger partial charge is 0.495 e. The fourth-order valence-corrected chi connectivity index (χ4v) is 4.71. The molecule has 1 atom stereocenters. The molecular weight excluding hydrogens is 450 g/mol. The van der Waals surface area contributed by atoms with Crippen molar-refractivity contribution in [1.82, 2.24) is 0 Å². The Labute approximate surface area is 206 Å². The Morgan fingerprint density at radius 3 is 2.18 bits per heavy atom. The Balaban J connectivity index is 1.91. The standard InChI is InChI=1S/C28H30ClNO4/c1-5-18-8-10-19(11-9-18)28-22-17-26(34-7-3)25(33-6-2)14-20(22)15-27(31)30(28)21-12-13-24(32-4)23(29)16-21/h8-14,16-17,28H,5-7,15H2,1-4H3/t28-/m0/s1. The van der Waals surface area contributed by atoms with Crippen LogP contribution in [-0.4, -0.2) is 26.2 Å². The monoisotopic (exact) mass is 479 g/mol. The van der Waals surface area contributed by atoms with E-state index in [4.69, 9.17) is 25.8 Å². The highest BCUT2D eigenvalue weighted by Crippen LogP contribution is 2.44. The first-order valence-corrected chi connectivity index (χ1v) is 12.0. The van der Waals surface area contributed by atoms with E-state index in [1.807, 2.05) is 36.9 Å². The van der Waals surface area contributed by atoms with Crippen molar-refractivity contribution in [1.29, 1.82) is 0 Å². The van der Waals surface area contributed by atoms with E-state index in [-0.39, 0.29) is 18.4 Å². The zero-order chi connectivity index (χ0) is 24.2. The molecule has 0 N–H and O–H groups in total. The number of anilines is 1. The van der Waals surface area contributed by atoms with Crippen LogP contribution in [0.2, 0.25) is 5.02 Å². The summed E-state index contributed by atoms with van der Waals surface area (Å²) in [5.74, 6) is 1.90. The molecule has 0 aliphatic carbocycles. The van der Waals surface area contributed by atoms with E-state index in [9.17, 15) is 4.79 Å². The van der Waals surface area contributed by atoms with Crippen molar-refractivity contribution in [2.75, 3.05) is 25.2 Å². The van der Waals surface area contributed by atoms with Crippen LogP contribution in [0.15, 0.2) is 54.6 Å². The average Bonchev–Trinajstić information content (AvgIpc) is 2.84. The van der Waals surface area contributed by atoms with E-state index in [1.165, 1.54) is 5.56 Å². The Kier molecular flexibility index (Phi) is 7.32. The lowest BCUT2D eigenvalue weighted by molar-refractivity contribution is -0.118. The Hall–Kier alpha value is -3.18. The normalized spacial score (nSPS) is 15.1. The van der Waals surface area contributed by atoms with Gasteiger partial charge in [-0.3, -0.25) is 4.79 Å². The van der Waals surface area contributed by atoms with Gasteiger partial charge in [-0.2, -0.15) is 0 Å². The van der Waals surface area contributed by atoms with Crippen molar-refractivity contribution in [2.45, 2.75) is 39.7 Å². The molecular formula is C28H30ClNO4. The van der Waals surface area contributed by atoms with E-state index in [1.54, 1.807) is 19.2 Å². The van der Waals surface area contributed by atoms with E-state index in [0.717, 1.165) is 28.8 Å². The predicted molar refractivity (Wildman–Crippen MR) is 136 cm³/mol. The van der Waals surface area contributed by atoms with Gasteiger partial charge in [0.25, 0.3) is 0 Å². The lowest BCUT2D eigenvalue weighted by atomic mass is 9.86. The molecule has 0 spiro atoms. The van der Waals surface area contributed by atoms with Crippen LogP contribution in [-0.2, 0) is 17.6 Å². The van der Waals surface area contributed by atoms with Gasteiger partial charge in [0.15, 0.2) is 11.5 Å². The molecule has 3 aromatic rings. The minimum absolute atomic E-state index is 0.00934. The van der Waals surface area contributed by atoms with Crippen molar-refractivity contribution >= 4 is 23.2 Å². The van der Waals surface area contributed by atoms with Gasteiger partial charge in [0, 0.05) is 5.69 Å². The first-order chi connectivity index (χ1) is 16.5. The number of amides is 1. The molecule has 0 radical (unpaired) electrons. The van der Waals surface area contributed by atoms with Crippen molar-refractivity contribution in [2.24, 2.45) is 0 Å². The van der Waals surface area contributed by atoms with Crippen molar-refractivity contribution in [3.8, 4) is 17.2 Å². The van der Waals surface area contributed by atoms with Crippen LogP contribution >= 0.6 is 11.6 Å². The fraction of sp³-hybridized carbons (Fsp3) is 0.321. The number of halogens is 1. The molecule has 178 valence electrons. The van der Waals surface area contributed by atoms with E-state index in [0.29, 0.717) is 35.5 Å². The highest BCUT2D eigenvalue weighted by atomic mass is 35.5. The van der Waals surface area contributed by atoms with Crippen molar-refractivity contribution in [3.05, 3.63) is 81.9 Å². The Bertz CT molecular complexity index is 1180. The summed E-state index contributed by atoms with van der Waals surface area (Å²) in [5.41, 5.74) is 4.94.